The molecule has 0 fully saturated rings. The molecular weight excluding hydrogens is 334 g/mol. The van der Waals surface area contributed by atoms with E-state index in [-0.39, 0.29) is 11.1 Å². The molecule has 1 amide bonds. The molecule has 2 aromatic rings. The number of nitrogens with zero attached hydrogens (tertiary/aromatic N) is 2. The van der Waals surface area contributed by atoms with Crippen LogP contribution < -0.4 is 10.1 Å². The van der Waals surface area contributed by atoms with E-state index in [1.54, 1.807) is 36.2 Å². The van der Waals surface area contributed by atoms with E-state index in [0.717, 1.165) is 11.4 Å². The van der Waals surface area contributed by atoms with Crippen molar-refractivity contribution in [1.82, 2.24) is 15.1 Å². The second-order valence-electron chi connectivity index (χ2n) is 7.31. The van der Waals surface area contributed by atoms with Gasteiger partial charge in [0.25, 0.3) is 5.91 Å². The molecule has 0 aliphatic heterocycles. The summed E-state index contributed by atoms with van der Waals surface area (Å²) in [5.74, 6) is -0.822. The fraction of sp³-hybridized carbons (Fsp3) is 0.421. The highest BCUT2D eigenvalue weighted by atomic mass is 16.5. The van der Waals surface area contributed by atoms with Crippen molar-refractivity contribution in [2.45, 2.75) is 39.7 Å². The summed E-state index contributed by atoms with van der Waals surface area (Å²) in [6.07, 6.45) is 2.70. The average Bonchev–Trinajstić information content (AvgIpc) is 3.07. The van der Waals surface area contributed by atoms with E-state index in [9.17, 15) is 14.7 Å². The first kappa shape index (κ1) is 19.5. The van der Waals surface area contributed by atoms with Gasteiger partial charge in [0, 0.05) is 6.20 Å². The maximum Gasteiger partial charge on any atom is 0.326 e. The molecule has 0 saturated carbocycles. The Morgan fingerprint density at radius 1 is 1.23 bits per heavy atom. The summed E-state index contributed by atoms with van der Waals surface area (Å²) in [5.41, 5.74) is 0.934. The Kier molecular flexibility index (Phi) is 6.02. The molecule has 1 aromatic heterocycles. The quantitative estimate of drug-likeness (QED) is 0.793. The van der Waals surface area contributed by atoms with E-state index in [1.807, 2.05) is 32.9 Å². The van der Waals surface area contributed by atoms with Gasteiger partial charge < -0.3 is 15.2 Å². The molecule has 0 spiro atoms. The molecule has 1 heterocycles. The van der Waals surface area contributed by atoms with E-state index in [0.29, 0.717) is 12.8 Å². The predicted octanol–water partition coefficient (Wildman–Crippen LogP) is 2.89. The van der Waals surface area contributed by atoms with E-state index in [1.165, 1.54) is 0 Å². The number of carbonyl (C=O) groups is 2. The van der Waals surface area contributed by atoms with Crippen LogP contribution in [-0.4, -0.2) is 39.9 Å². The van der Waals surface area contributed by atoms with Crippen LogP contribution in [0.5, 0.6) is 5.75 Å². The molecule has 0 aliphatic carbocycles. The number of carboxylic acids is 1. The Morgan fingerprint density at radius 3 is 2.42 bits per heavy atom. The molecule has 7 nitrogen and oxygen atoms in total. The SMILES string of the molecule is COc1ccc(-n2ccc(C(=O)NC(CCC(C)(C)C)C(=O)O)n2)cc1. The molecule has 140 valence electrons. The Bertz CT molecular complexity index is 760. The minimum absolute atomic E-state index is 0.00558. The molecule has 0 saturated heterocycles. The Morgan fingerprint density at radius 2 is 1.88 bits per heavy atom. The van der Waals surface area contributed by atoms with Crippen LogP contribution in [0.1, 0.15) is 44.1 Å². The van der Waals surface area contributed by atoms with Crippen LogP contribution in [0, 0.1) is 5.41 Å². The number of amides is 1. The van der Waals surface area contributed by atoms with Crippen molar-refractivity contribution >= 4 is 11.9 Å². The van der Waals surface area contributed by atoms with Crippen LogP contribution in [-0.2, 0) is 4.79 Å². The lowest BCUT2D eigenvalue weighted by Gasteiger charge is -2.21. The summed E-state index contributed by atoms with van der Waals surface area (Å²) in [6, 6.07) is 7.84. The van der Waals surface area contributed by atoms with Crippen molar-refractivity contribution in [3.05, 3.63) is 42.2 Å². The molecule has 1 atom stereocenters. The van der Waals surface area contributed by atoms with Crippen molar-refractivity contribution in [1.29, 1.82) is 0 Å². The molecule has 0 aliphatic rings. The normalized spacial score (nSPS) is 12.5. The van der Waals surface area contributed by atoms with Gasteiger partial charge in [0.2, 0.25) is 0 Å². The zero-order valence-electron chi connectivity index (χ0n) is 15.5. The number of aliphatic carboxylic acids is 1. The second kappa shape index (κ2) is 8.03. The zero-order valence-corrected chi connectivity index (χ0v) is 15.5. The van der Waals surface area contributed by atoms with Gasteiger partial charge >= 0.3 is 5.97 Å². The largest absolute Gasteiger partial charge is 0.497 e. The minimum Gasteiger partial charge on any atom is -0.497 e. The summed E-state index contributed by atoms with van der Waals surface area (Å²) < 4.78 is 6.67. The van der Waals surface area contributed by atoms with Crippen molar-refractivity contribution in [3.8, 4) is 11.4 Å². The van der Waals surface area contributed by atoms with Crippen LogP contribution in [0.15, 0.2) is 36.5 Å². The van der Waals surface area contributed by atoms with Gasteiger partial charge in [-0.3, -0.25) is 4.79 Å². The van der Waals surface area contributed by atoms with Crippen LogP contribution in [0.2, 0.25) is 0 Å². The van der Waals surface area contributed by atoms with E-state index >= 15 is 0 Å². The smallest absolute Gasteiger partial charge is 0.326 e. The summed E-state index contributed by atoms with van der Waals surface area (Å²) in [7, 11) is 1.59. The first-order valence-corrected chi connectivity index (χ1v) is 8.43. The number of aromatic nitrogens is 2. The van der Waals surface area contributed by atoms with Gasteiger partial charge in [-0.15, -0.1) is 0 Å². The van der Waals surface area contributed by atoms with E-state index in [4.69, 9.17) is 4.74 Å². The number of hydrogen-bond donors (Lipinski definition) is 2. The number of ether oxygens (including phenoxy) is 1. The molecule has 7 heteroatoms. The molecule has 0 bridgehead atoms. The predicted molar refractivity (Wildman–Crippen MR) is 97.7 cm³/mol. The third-order valence-corrected chi connectivity index (χ3v) is 3.95. The zero-order chi connectivity index (χ0) is 19.3. The number of rotatable bonds is 7. The number of hydrogen-bond acceptors (Lipinski definition) is 4. The van der Waals surface area contributed by atoms with Gasteiger partial charge in [0.1, 0.15) is 11.8 Å². The van der Waals surface area contributed by atoms with Crippen LogP contribution in [0.3, 0.4) is 0 Å². The van der Waals surface area contributed by atoms with E-state index < -0.39 is 17.9 Å². The fourth-order valence-corrected chi connectivity index (χ4v) is 2.39. The lowest BCUT2D eigenvalue weighted by atomic mass is 9.88. The first-order chi connectivity index (χ1) is 12.2. The lowest BCUT2D eigenvalue weighted by molar-refractivity contribution is -0.139. The van der Waals surface area contributed by atoms with Gasteiger partial charge in [-0.05, 0) is 48.6 Å². The van der Waals surface area contributed by atoms with Gasteiger partial charge in [-0.25, -0.2) is 9.48 Å². The lowest BCUT2D eigenvalue weighted by Crippen LogP contribution is -2.41. The summed E-state index contributed by atoms with van der Waals surface area (Å²) in [5, 5.41) is 16.1. The monoisotopic (exact) mass is 359 g/mol. The maximum atomic E-state index is 12.4. The maximum absolute atomic E-state index is 12.4. The fourth-order valence-electron chi connectivity index (χ4n) is 2.39. The topological polar surface area (TPSA) is 93.5 Å². The van der Waals surface area contributed by atoms with Gasteiger partial charge in [-0.1, -0.05) is 20.8 Å². The Balaban J connectivity index is 2.06. The molecule has 1 unspecified atom stereocenters. The summed E-state index contributed by atoms with van der Waals surface area (Å²) in [6.45, 7) is 6.10. The number of methoxy groups -OCH3 is 1. The van der Waals surface area contributed by atoms with Crippen LogP contribution in [0.25, 0.3) is 5.69 Å². The second-order valence-corrected chi connectivity index (χ2v) is 7.31. The number of carboxylic acid groups (broad SMARTS) is 1. The molecular formula is C19H25N3O4. The van der Waals surface area contributed by atoms with Crippen molar-refractivity contribution in [2.24, 2.45) is 5.41 Å². The third-order valence-electron chi connectivity index (χ3n) is 3.95. The van der Waals surface area contributed by atoms with Crippen molar-refractivity contribution < 1.29 is 19.4 Å². The average molecular weight is 359 g/mol. The molecule has 2 N–H and O–H groups in total. The van der Waals surface area contributed by atoms with Crippen LogP contribution in [0.4, 0.5) is 0 Å². The standard InChI is InChI=1S/C19H25N3O4/c1-19(2,3)11-9-16(18(24)25)20-17(23)15-10-12-22(21-15)13-5-7-14(26-4)8-6-13/h5-8,10,12,16H,9,11H2,1-4H3,(H,20,23)(H,24,25). The van der Waals surface area contributed by atoms with Gasteiger partial charge in [-0.2, -0.15) is 5.10 Å². The highest BCUT2D eigenvalue weighted by molar-refractivity contribution is 5.94. The van der Waals surface area contributed by atoms with Crippen molar-refractivity contribution in [2.75, 3.05) is 7.11 Å². The Labute approximate surface area is 153 Å². The van der Waals surface area contributed by atoms with Gasteiger partial charge in [0.15, 0.2) is 5.69 Å². The Hall–Kier alpha value is -2.83. The van der Waals surface area contributed by atoms with E-state index in [2.05, 4.69) is 10.4 Å². The number of benzene rings is 1. The highest BCUT2D eigenvalue weighted by Crippen LogP contribution is 2.22. The highest BCUT2D eigenvalue weighted by Gasteiger charge is 2.24. The third kappa shape index (κ3) is 5.34. The van der Waals surface area contributed by atoms with Crippen LogP contribution >= 0.6 is 0 Å². The first-order valence-electron chi connectivity index (χ1n) is 8.43. The molecule has 0 radical (unpaired) electrons. The number of nitrogens with one attached hydrogen (secondary N) is 1. The van der Waals surface area contributed by atoms with Crippen molar-refractivity contribution in [3.63, 3.8) is 0 Å². The summed E-state index contributed by atoms with van der Waals surface area (Å²) in [4.78, 5) is 23.8. The molecule has 1 aromatic carbocycles. The minimum atomic E-state index is -1.04. The molecule has 2 rings (SSSR count). The molecule has 26 heavy (non-hydrogen) atoms. The van der Waals surface area contributed by atoms with Gasteiger partial charge in [0.05, 0.1) is 12.8 Å². The summed E-state index contributed by atoms with van der Waals surface area (Å²) >= 11 is 0. The number of carbonyl (C=O) groups excluding carboxylic acids is 1.